The Kier molecular flexibility index (Phi) is 8.47. The van der Waals surface area contributed by atoms with Gasteiger partial charge in [0.1, 0.15) is 6.73 Å². The molecule has 1 atom stereocenters. The van der Waals surface area contributed by atoms with E-state index in [0.29, 0.717) is 0 Å². The first-order chi connectivity index (χ1) is 12.6. The van der Waals surface area contributed by atoms with E-state index in [4.69, 9.17) is 29.6 Å². The van der Waals surface area contributed by atoms with E-state index in [-0.39, 0.29) is 29.4 Å². The van der Waals surface area contributed by atoms with Crippen LogP contribution in [0.1, 0.15) is 0 Å². The monoisotopic (exact) mass is 483 g/mol. The molecular weight excluding hydrogens is 470 g/mol. The lowest BCUT2D eigenvalue weighted by atomic mass is 10.5. The van der Waals surface area contributed by atoms with Gasteiger partial charge in [-0.2, -0.15) is 13.6 Å². The summed E-state index contributed by atoms with van der Waals surface area (Å²) in [6, 6.07) is 0. The van der Waals surface area contributed by atoms with Crippen LogP contribution in [-0.4, -0.2) is 56.2 Å². The fourth-order valence-corrected chi connectivity index (χ4v) is 4.01. The van der Waals surface area contributed by atoms with E-state index < -0.39 is 23.5 Å². The molecule has 0 aliphatic carbocycles. The number of nitrogens with one attached hydrogen (secondary N) is 1. The van der Waals surface area contributed by atoms with E-state index in [1.807, 2.05) is 0 Å². The molecule has 2 heterocycles. The summed E-state index contributed by atoms with van der Waals surface area (Å²) in [5, 5.41) is 8.86. The molecule has 7 N–H and O–H groups in total. The van der Waals surface area contributed by atoms with Gasteiger partial charge >= 0.3 is 23.5 Å². The van der Waals surface area contributed by atoms with Gasteiger partial charge in [-0.15, -0.1) is 0 Å². The number of rotatable bonds is 6. The van der Waals surface area contributed by atoms with Crippen LogP contribution in [0.25, 0.3) is 11.2 Å². The molecule has 0 saturated heterocycles. The number of anilines is 1. The SMILES string of the molecule is O=P(O)(O)OP(=O)(O)OP(=O)(O)O.O=c1[nH]c(N(P)CO)nc2nccnc12. The maximum atomic E-state index is 11.5. The van der Waals surface area contributed by atoms with Gasteiger partial charge in [-0.3, -0.25) is 9.78 Å². The summed E-state index contributed by atoms with van der Waals surface area (Å²) in [5.41, 5.74) is 0.0405. The predicted octanol–water partition coefficient (Wildman–Crippen LogP) is -1.44. The van der Waals surface area contributed by atoms with Crippen LogP contribution in [0, 0.1) is 0 Å². The second kappa shape index (κ2) is 9.55. The Hall–Kier alpha value is -1.18. The van der Waals surface area contributed by atoms with E-state index in [0.717, 1.165) is 0 Å². The molecule has 0 fully saturated rings. The molecule has 1 unspecified atom stereocenters. The highest BCUT2D eigenvalue weighted by Crippen LogP contribution is 2.64. The van der Waals surface area contributed by atoms with Gasteiger partial charge < -0.3 is 34.2 Å². The quantitative estimate of drug-likeness (QED) is 0.183. The summed E-state index contributed by atoms with van der Waals surface area (Å²) in [6.07, 6.45) is 2.87. The molecule has 0 bridgehead atoms. The Balaban J connectivity index is 0.000000284. The van der Waals surface area contributed by atoms with Gasteiger partial charge in [0, 0.05) is 12.4 Å². The lowest BCUT2D eigenvalue weighted by Crippen LogP contribution is -2.19. The number of aromatic nitrogens is 4. The van der Waals surface area contributed by atoms with Crippen LogP contribution in [0.3, 0.4) is 0 Å². The van der Waals surface area contributed by atoms with Crippen molar-refractivity contribution in [3.05, 3.63) is 22.7 Å². The smallest absolute Gasteiger partial charge is 0.376 e. The molecule has 0 amide bonds. The maximum Gasteiger partial charge on any atom is 0.490 e. The van der Waals surface area contributed by atoms with Crippen molar-refractivity contribution in [3.63, 3.8) is 0 Å². The van der Waals surface area contributed by atoms with Crippen LogP contribution in [0.4, 0.5) is 5.95 Å². The average molecular weight is 483 g/mol. The van der Waals surface area contributed by atoms with Crippen LogP contribution in [-0.2, 0) is 22.3 Å². The Labute approximate surface area is 156 Å². The number of hydrogen-bond donors (Lipinski definition) is 7. The molecule has 158 valence electrons. The molecule has 0 saturated carbocycles. The third-order valence-electron chi connectivity index (χ3n) is 2.17. The minimum absolute atomic E-state index is 0.178. The van der Waals surface area contributed by atoms with Crippen molar-refractivity contribution < 1.29 is 51.9 Å². The molecule has 21 heteroatoms. The number of H-pyrrole nitrogens is 1. The first-order valence-electron chi connectivity index (χ1n) is 6.34. The average Bonchev–Trinajstić information content (AvgIpc) is 2.50. The summed E-state index contributed by atoms with van der Waals surface area (Å²) in [7, 11) is -13.9. The molecule has 2 rings (SSSR count). The largest absolute Gasteiger partial charge is 0.490 e. The van der Waals surface area contributed by atoms with Gasteiger partial charge in [0.2, 0.25) is 5.95 Å². The maximum absolute atomic E-state index is 11.5. The fourth-order valence-electron chi connectivity index (χ4n) is 1.35. The standard InChI is InChI=1S/C7H8N5O2P.H5O10P3/c13-3-12(15)7-10-5-4(6(14)11-7)8-1-2-9-5;1-11(2,3)9-13(7,8)10-12(4,5)6/h1-2,13H,3,15H2,(H,9,10,11,14);(H,7,8)(H2,1,2,3)(H2,4,5,6). The number of aromatic amines is 1. The molecule has 0 spiro atoms. The lowest BCUT2D eigenvalue weighted by molar-refractivity contribution is 0.204. The molecule has 17 nitrogen and oxygen atoms in total. The van der Waals surface area contributed by atoms with Gasteiger partial charge in [-0.05, 0) is 9.39 Å². The second-order valence-electron chi connectivity index (χ2n) is 4.34. The molecule has 0 aliphatic rings. The summed E-state index contributed by atoms with van der Waals surface area (Å²) in [6.45, 7) is -0.278. The van der Waals surface area contributed by atoms with Crippen molar-refractivity contribution >= 4 is 50.0 Å². The second-order valence-corrected chi connectivity index (χ2v) is 9.17. The number of aliphatic hydroxyl groups is 1. The van der Waals surface area contributed by atoms with E-state index in [1.165, 1.54) is 17.1 Å². The zero-order valence-electron chi connectivity index (χ0n) is 13.2. The predicted molar refractivity (Wildman–Crippen MR) is 93.3 cm³/mol. The molecule has 2 aromatic rings. The van der Waals surface area contributed by atoms with Crippen molar-refractivity contribution in [3.8, 4) is 0 Å². The highest BCUT2D eigenvalue weighted by atomic mass is 31.3. The number of nitrogens with zero attached hydrogens (tertiary/aromatic N) is 4. The Bertz CT molecular complexity index is 989. The number of phosphoric acid groups is 3. The lowest BCUT2D eigenvalue weighted by Gasteiger charge is -2.12. The van der Waals surface area contributed by atoms with Crippen molar-refractivity contribution in [1.29, 1.82) is 0 Å². The number of fused-ring (bicyclic) bond motifs is 1. The van der Waals surface area contributed by atoms with Crippen LogP contribution < -0.4 is 10.2 Å². The third kappa shape index (κ3) is 8.88. The van der Waals surface area contributed by atoms with Crippen LogP contribution in [0.2, 0.25) is 0 Å². The zero-order chi connectivity index (χ0) is 21.8. The van der Waals surface area contributed by atoms with Gasteiger partial charge in [-0.25, -0.2) is 23.7 Å². The van der Waals surface area contributed by atoms with E-state index in [1.54, 1.807) is 0 Å². The summed E-state index contributed by atoms with van der Waals surface area (Å²) in [4.78, 5) is 66.0. The normalized spacial score (nSPS) is 12.4. The van der Waals surface area contributed by atoms with Gasteiger partial charge in [-0.1, -0.05) is 0 Å². The number of hydrogen-bond acceptors (Lipinski definition) is 11. The summed E-state index contributed by atoms with van der Waals surface area (Å²) in [5.74, 6) is 0.223. The zero-order valence-corrected chi connectivity index (χ0v) is 17.0. The third-order valence-corrected chi connectivity index (χ3v) is 5.94. The molecule has 0 aromatic carbocycles. The molecule has 28 heavy (non-hydrogen) atoms. The minimum atomic E-state index is -5.46. The first-order valence-corrected chi connectivity index (χ1v) is 11.4. The Morgan fingerprint density at radius 1 is 1.04 bits per heavy atom. The van der Waals surface area contributed by atoms with Crippen molar-refractivity contribution in [2.75, 3.05) is 11.4 Å². The summed E-state index contributed by atoms with van der Waals surface area (Å²) < 4.78 is 37.7. The Morgan fingerprint density at radius 3 is 2.00 bits per heavy atom. The van der Waals surface area contributed by atoms with Gasteiger partial charge in [0.05, 0.1) is 0 Å². The van der Waals surface area contributed by atoms with E-state index in [2.05, 4.69) is 37.9 Å². The molecule has 0 aliphatic heterocycles. The van der Waals surface area contributed by atoms with E-state index >= 15 is 0 Å². The van der Waals surface area contributed by atoms with Crippen molar-refractivity contribution in [2.45, 2.75) is 0 Å². The molecule has 0 radical (unpaired) electrons. The number of aliphatic hydroxyl groups excluding tert-OH is 1. The first kappa shape index (κ1) is 24.9. The minimum Gasteiger partial charge on any atom is -0.376 e. The topological polar surface area (TPSA) is 266 Å². The molecule has 2 aromatic heterocycles. The highest BCUT2D eigenvalue weighted by molar-refractivity contribution is 7.66. The van der Waals surface area contributed by atoms with Crippen molar-refractivity contribution in [2.24, 2.45) is 0 Å². The Morgan fingerprint density at radius 2 is 1.54 bits per heavy atom. The van der Waals surface area contributed by atoms with Crippen LogP contribution in [0.15, 0.2) is 17.2 Å². The fraction of sp³-hybridized carbons (Fsp3) is 0.143. The summed E-state index contributed by atoms with van der Waals surface area (Å²) >= 11 is 0. The van der Waals surface area contributed by atoms with Gasteiger partial charge in [0.15, 0.2) is 11.2 Å². The van der Waals surface area contributed by atoms with E-state index in [9.17, 15) is 18.5 Å². The van der Waals surface area contributed by atoms with Crippen LogP contribution >= 0.6 is 32.9 Å². The van der Waals surface area contributed by atoms with Gasteiger partial charge in [0.25, 0.3) is 5.56 Å². The van der Waals surface area contributed by atoms with Crippen molar-refractivity contribution in [1.82, 2.24) is 19.9 Å². The highest BCUT2D eigenvalue weighted by Gasteiger charge is 2.38. The van der Waals surface area contributed by atoms with Crippen LogP contribution in [0.5, 0.6) is 0 Å². The molecular formula is C7H13N5O12P4.